The zero-order valence-corrected chi connectivity index (χ0v) is 18.1. The van der Waals surface area contributed by atoms with Gasteiger partial charge in [0.2, 0.25) is 5.91 Å². The van der Waals surface area contributed by atoms with E-state index in [0.29, 0.717) is 16.9 Å². The molecule has 0 bridgehead atoms. The lowest BCUT2D eigenvalue weighted by Crippen LogP contribution is -2.31. The monoisotopic (exact) mass is 439 g/mol. The van der Waals surface area contributed by atoms with Crippen LogP contribution in [0.5, 0.6) is 0 Å². The zero-order chi connectivity index (χ0) is 23.1. The van der Waals surface area contributed by atoms with E-state index in [1.54, 1.807) is 29.2 Å². The van der Waals surface area contributed by atoms with Crippen molar-refractivity contribution in [1.29, 1.82) is 0 Å². The first-order valence-electron chi connectivity index (χ1n) is 10.4. The summed E-state index contributed by atoms with van der Waals surface area (Å²) in [5, 5.41) is 2.98. The lowest BCUT2D eigenvalue weighted by atomic mass is 9.86. The Morgan fingerprint density at radius 1 is 1.00 bits per heavy atom. The maximum atomic E-state index is 13.3. The summed E-state index contributed by atoms with van der Waals surface area (Å²) < 4.78 is 39.4. The van der Waals surface area contributed by atoms with Gasteiger partial charge in [0.15, 0.2) is 0 Å². The summed E-state index contributed by atoms with van der Waals surface area (Å²) in [6, 6.07) is 17.3. The van der Waals surface area contributed by atoms with E-state index in [4.69, 9.17) is 0 Å². The van der Waals surface area contributed by atoms with Crippen LogP contribution >= 0.6 is 0 Å². The van der Waals surface area contributed by atoms with E-state index < -0.39 is 11.9 Å². The largest absolute Gasteiger partial charge is 0.433 e. The van der Waals surface area contributed by atoms with Gasteiger partial charge in [-0.1, -0.05) is 63.2 Å². The number of rotatable bonds is 2. The quantitative estimate of drug-likeness (QED) is 0.515. The molecule has 0 unspecified atom stereocenters. The molecular formula is C25H24F3N3O. The van der Waals surface area contributed by atoms with Crippen molar-refractivity contribution in [1.82, 2.24) is 4.98 Å². The smallest absolute Gasteiger partial charge is 0.338 e. The van der Waals surface area contributed by atoms with E-state index in [2.05, 4.69) is 31.1 Å². The standard InChI is InChI=1S/C25H24F3N3O/c1-24(2,3)18-11-8-16(9-12-18)14-22(32)31-15-17-10-13-21(25(26,27)28)30-23(17)29-19-6-4-5-7-20(19)31/h4-13H,14-15H2,1-3H3,(H,29,30). The number of halogens is 3. The van der Waals surface area contributed by atoms with Crippen molar-refractivity contribution >= 4 is 23.1 Å². The summed E-state index contributed by atoms with van der Waals surface area (Å²) in [6.45, 7) is 6.52. The average molecular weight is 439 g/mol. The maximum Gasteiger partial charge on any atom is 0.433 e. The van der Waals surface area contributed by atoms with Crippen LogP contribution in [0.2, 0.25) is 0 Å². The second-order valence-corrected chi connectivity index (χ2v) is 8.95. The third-order valence-corrected chi connectivity index (χ3v) is 5.52. The third kappa shape index (κ3) is 4.47. The third-order valence-electron chi connectivity index (χ3n) is 5.52. The Kier molecular flexibility index (Phi) is 5.44. The van der Waals surface area contributed by atoms with Gasteiger partial charge in [0.25, 0.3) is 0 Å². The Morgan fingerprint density at radius 2 is 1.69 bits per heavy atom. The fourth-order valence-corrected chi connectivity index (χ4v) is 3.69. The molecule has 0 spiro atoms. The van der Waals surface area contributed by atoms with Gasteiger partial charge in [0.05, 0.1) is 24.3 Å². The van der Waals surface area contributed by atoms with Gasteiger partial charge >= 0.3 is 6.18 Å². The molecular weight excluding hydrogens is 415 g/mol. The van der Waals surface area contributed by atoms with Gasteiger partial charge in [-0.2, -0.15) is 13.2 Å². The van der Waals surface area contributed by atoms with E-state index in [9.17, 15) is 18.0 Å². The maximum absolute atomic E-state index is 13.3. The number of benzene rings is 2. The molecule has 1 aliphatic heterocycles. The molecule has 4 nitrogen and oxygen atoms in total. The molecule has 1 amide bonds. The van der Waals surface area contributed by atoms with Gasteiger partial charge < -0.3 is 10.2 Å². The van der Waals surface area contributed by atoms with Crippen molar-refractivity contribution in [2.24, 2.45) is 0 Å². The number of anilines is 3. The number of carbonyl (C=O) groups is 1. The predicted molar refractivity (Wildman–Crippen MR) is 119 cm³/mol. The molecule has 1 N–H and O–H groups in total. The molecule has 0 atom stereocenters. The minimum Gasteiger partial charge on any atom is -0.338 e. The first-order chi connectivity index (χ1) is 15.0. The first-order valence-corrected chi connectivity index (χ1v) is 10.4. The molecule has 32 heavy (non-hydrogen) atoms. The van der Waals surface area contributed by atoms with Crippen molar-refractivity contribution in [2.45, 2.75) is 45.3 Å². The highest BCUT2D eigenvalue weighted by Gasteiger charge is 2.34. The summed E-state index contributed by atoms with van der Waals surface area (Å²) >= 11 is 0. The zero-order valence-electron chi connectivity index (χ0n) is 18.1. The van der Waals surface area contributed by atoms with Gasteiger partial charge in [-0.25, -0.2) is 4.98 Å². The van der Waals surface area contributed by atoms with E-state index in [0.717, 1.165) is 11.6 Å². The van der Waals surface area contributed by atoms with E-state index in [-0.39, 0.29) is 30.1 Å². The second kappa shape index (κ2) is 7.97. The highest BCUT2D eigenvalue weighted by Crippen LogP contribution is 2.37. The van der Waals surface area contributed by atoms with E-state index >= 15 is 0 Å². The number of hydrogen-bond acceptors (Lipinski definition) is 3. The molecule has 0 fully saturated rings. The van der Waals surface area contributed by atoms with Crippen LogP contribution in [0.1, 0.15) is 43.2 Å². The van der Waals surface area contributed by atoms with Crippen molar-refractivity contribution < 1.29 is 18.0 Å². The number of pyridine rings is 1. The number of aromatic nitrogens is 1. The fraction of sp³-hybridized carbons (Fsp3) is 0.280. The molecule has 166 valence electrons. The molecule has 7 heteroatoms. The second-order valence-electron chi connectivity index (χ2n) is 8.95. The topological polar surface area (TPSA) is 45.2 Å². The predicted octanol–water partition coefficient (Wildman–Crippen LogP) is 6.23. The Balaban J connectivity index is 1.65. The van der Waals surface area contributed by atoms with Crippen LogP contribution in [-0.4, -0.2) is 10.9 Å². The van der Waals surface area contributed by atoms with Crippen LogP contribution in [0, 0.1) is 0 Å². The summed E-state index contributed by atoms with van der Waals surface area (Å²) in [5.41, 5.74) is 2.77. The molecule has 3 aromatic rings. The molecule has 0 aliphatic carbocycles. The van der Waals surface area contributed by atoms with Gasteiger partial charge in [-0.15, -0.1) is 0 Å². The fourth-order valence-electron chi connectivity index (χ4n) is 3.69. The molecule has 1 aliphatic rings. The number of hydrogen-bond donors (Lipinski definition) is 1. The highest BCUT2D eigenvalue weighted by molar-refractivity contribution is 5.99. The molecule has 0 saturated carbocycles. The van der Waals surface area contributed by atoms with E-state index in [1.807, 2.05) is 24.3 Å². The van der Waals surface area contributed by atoms with Crippen LogP contribution in [0.4, 0.5) is 30.4 Å². The average Bonchev–Trinajstić information content (AvgIpc) is 2.89. The summed E-state index contributed by atoms with van der Waals surface area (Å²) in [4.78, 5) is 18.7. The Hall–Kier alpha value is -3.35. The first kappa shape index (κ1) is 21.9. The number of alkyl halides is 3. The van der Waals surface area contributed by atoms with Crippen molar-refractivity contribution in [3.05, 3.63) is 83.0 Å². The minimum atomic E-state index is -4.54. The molecule has 0 radical (unpaired) electrons. The number of para-hydroxylation sites is 2. The lowest BCUT2D eigenvalue weighted by molar-refractivity contribution is -0.141. The number of amides is 1. The van der Waals surface area contributed by atoms with E-state index in [1.165, 1.54) is 11.6 Å². The van der Waals surface area contributed by atoms with Crippen LogP contribution in [0.3, 0.4) is 0 Å². The van der Waals surface area contributed by atoms with Gasteiger partial charge in [0, 0.05) is 5.56 Å². The van der Waals surface area contributed by atoms with Crippen LogP contribution in [-0.2, 0) is 29.4 Å². The lowest BCUT2D eigenvalue weighted by Gasteiger charge is -2.23. The summed E-state index contributed by atoms with van der Waals surface area (Å²) in [5.74, 6) is -0.0346. The van der Waals surface area contributed by atoms with Crippen molar-refractivity contribution in [2.75, 3.05) is 10.2 Å². The van der Waals surface area contributed by atoms with Crippen LogP contribution in [0.25, 0.3) is 0 Å². The van der Waals surface area contributed by atoms with Gasteiger partial charge in [-0.05, 0) is 34.7 Å². The van der Waals surface area contributed by atoms with Crippen molar-refractivity contribution in [3.8, 4) is 0 Å². The number of fused-ring (bicyclic) bond motifs is 2. The van der Waals surface area contributed by atoms with Gasteiger partial charge in [-0.3, -0.25) is 4.79 Å². The Morgan fingerprint density at radius 3 is 2.34 bits per heavy atom. The Bertz CT molecular complexity index is 1150. The minimum absolute atomic E-state index is 0.0178. The number of carbonyl (C=O) groups excluding carboxylic acids is 1. The van der Waals surface area contributed by atoms with Crippen molar-refractivity contribution in [3.63, 3.8) is 0 Å². The van der Waals surface area contributed by atoms with Gasteiger partial charge in [0.1, 0.15) is 11.5 Å². The molecule has 0 saturated heterocycles. The molecule has 4 rings (SSSR count). The molecule has 1 aromatic heterocycles. The van der Waals surface area contributed by atoms with Crippen LogP contribution in [0.15, 0.2) is 60.7 Å². The highest BCUT2D eigenvalue weighted by atomic mass is 19.4. The molecule has 2 heterocycles. The Labute approximate surface area is 185 Å². The number of nitrogens with zero attached hydrogens (tertiary/aromatic N) is 2. The van der Waals surface area contributed by atoms with Crippen LogP contribution < -0.4 is 10.2 Å². The molecule has 2 aromatic carbocycles. The summed E-state index contributed by atoms with van der Waals surface area (Å²) in [6.07, 6.45) is -4.36. The summed E-state index contributed by atoms with van der Waals surface area (Å²) in [7, 11) is 0. The number of nitrogens with one attached hydrogen (secondary N) is 1. The normalized spacial score (nSPS) is 13.6. The SMILES string of the molecule is CC(C)(C)c1ccc(CC(=O)N2Cc3ccc(C(F)(F)F)nc3Nc3ccccc32)cc1.